The number of hydrogen-bond acceptors (Lipinski definition) is 4. The highest BCUT2D eigenvalue weighted by molar-refractivity contribution is 7.89. The predicted molar refractivity (Wildman–Crippen MR) is 105 cm³/mol. The fraction of sp³-hybridized carbons (Fsp3) is 0.278. The number of ether oxygens (including phenoxy) is 1. The molecule has 8 heteroatoms. The Morgan fingerprint density at radius 2 is 1.77 bits per heavy atom. The Balaban J connectivity index is 2.12. The van der Waals surface area contributed by atoms with Gasteiger partial charge in [0.2, 0.25) is 10.0 Å². The van der Waals surface area contributed by atoms with Gasteiger partial charge in [-0.05, 0) is 54.7 Å². The fourth-order valence-electron chi connectivity index (χ4n) is 2.95. The van der Waals surface area contributed by atoms with Gasteiger partial charge in [0.05, 0.1) is 23.0 Å². The molecular formula is C18H21N3O3S2. The lowest BCUT2D eigenvalue weighted by Gasteiger charge is -2.18. The molecule has 0 fully saturated rings. The van der Waals surface area contributed by atoms with Crippen molar-refractivity contribution >= 4 is 33.3 Å². The molecule has 138 valence electrons. The van der Waals surface area contributed by atoms with Gasteiger partial charge in [-0.2, -0.15) is 4.31 Å². The number of imidazole rings is 1. The Labute approximate surface area is 158 Å². The van der Waals surface area contributed by atoms with Crippen LogP contribution >= 0.6 is 12.2 Å². The van der Waals surface area contributed by atoms with E-state index in [9.17, 15) is 8.42 Å². The van der Waals surface area contributed by atoms with Crippen molar-refractivity contribution in [1.29, 1.82) is 0 Å². The van der Waals surface area contributed by atoms with Gasteiger partial charge in [0.15, 0.2) is 4.77 Å². The van der Waals surface area contributed by atoms with Crippen LogP contribution < -0.4 is 4.74 Å². The lowest BCUT2D eigenvalue weighted by Crippen LogP contribution is -2.30. The predicted octanol–water partition coefficient (Wildman–Crippen LogP) is 3.73. The Kier molecular flexibility index (Phi) is 5.17. The molecule has 3 aromatic rings. The minimum absolute atomic E-state index is 0.256. The molecule has 0 saturated heterocycles. The molecule has 0 bridgehead atoms. The van der Waals surface area contributed by atoms with E-state index >= 15 is 0 Å². The maximum Gasteiger partial charge on any atom is 0.243 e. The molecular weight excluding hydrogens is 370 g/mol. The molecule has 1 N–H and O–H groups in total. The molecule has 0 aliphatic rings. The van der Waals surface area contributed by atoms with E-state index < -0.39 is 10.0 Å². The number of H-pyrrole nitrogens is 1. The maximum atomic E-state index is 12.7. The number of fused-ring (bicyclic) bond motifs is 1. The van der Waals surface area contributed by atoms with E-state index in [0.717, 1.165) is 17.0 Å². The van der Waals surface area contributed by atoms with E-state index in [0.29, 0.717) is 23.4 Å². The van der Waals surface area contributed by atoms with E-state index in [-0.39, 0.29) is 4.90 Å². The summed E-state index contributed by atoms with van der Waals surface area (Å²) in [6.45, 7) is 4.51. The van der Waals surface area contributed by atoms with Crippen LogP contribution in [0.1, 0.15) is 13.8 Å². The third kappa shape index (κ3) is 3.15. The second-order valence-corrected chi connectivity index (χ2v) is 8.06. The van der Waals surface area contributed by atoms with Crippen LogP contribution in [0.5, 0.6) is 5.75 Å². The van der Waals surface area contributed by atoms with Crippen molar-refractivity contribution in [2.24, 2.45) is 0 Å². The molecule has 1 aromatic heterocycles. The van der Waals surface area contributed by atoms with Gasteiger partial charge in [0.25, 0.3) is 0 Å². The molecule has 0 aliphatic heterocycles. The largest absolute Gasteiger partial charge is 0.497 e. The highest BCUT2D eigenvalue weighted by Crippen LogP contribution is 2.25. The lowest BCUT2D eigenvalue weighted by atomic mass is 10.2. The molecule has 3 rings (SSSR count). The summed E-state index contributed by atoms with van der Waals surface area (Å²) >= 11 is 5.45. The second-order valence-electron chi connectivity index (χ2n) is 5.73. The SMILES string of the molecule is CCN(CC)S(=O)(=O)c1ccc2c(c1)[nH]c(=S)n2-c1ccc(OC)cc1. The number of hydrogen-bond donors (Lipinski definition) is 1. The van der Waals surface area contributed by atoms with Gasteiger partial charge in [-0.3, -0.25) is 4.57 Å². The summed E-state index contributed by atoms with van der Waals surface area (Å²) in [6.07, 6.45) is 0. The number of nitrogens with zero attached hydrogens (tertiary/aromatic N) is 2. The molecule has 1 heterocycles. The van der Waals surface area contributed by atoms with Gasteiger partial charge >= 0.3 is 0 Å². The minimum atomic E-state index is -3.52. The first kappa shape index (κ1) is 18.6. The molecule has 26 heavy (non-hydrogen) atoms. The second kappa shape index (κ2) is 7.22. The van der Waals surface area contributed by atoms with Crippen LogP contribution in [0.2, 0.25) is 0 Å². The number of benzene rings is 2. The Bertz CT molecular complexity index is 1080. The van der Waals surface area contributed by atoms with Crippen molar-refractivity contribution in [3.05, 3.63) is 47.2 Å². The average molecular weight is 392 g/mol. The van der Waals surface area contributed by atoms with Crippen molar-refractivity contribution in [1.82, 2.24) is 13.9 Å². The summed E-state index contributed by atoms with van der Waals surface area (Å²) in [5.41, 5.74) is 2.37. The summed E-state index contributed by atoms with van der Waals surface area (Å²) in [5, 5.41) is 0. The lowest BCUT2D eigenvalue weighted by molar-refractivity contribution is 0.415. The normalized spacial score (nSPS) is 12.0. The van der Waals surface area contributed by atoms with Crippen LogP contribution in [-0.2, 0) is 10.0 Å². The Morgan fingerprint density at radius 1 is 1.12 bits per heavy atom. The highest BCUT2D eigenvalue weighted by Gasteiger charge is 2.22. The number of sulfonamides is 1. The fourth-order valence-corrected chi connectivity index (χ4v) is 4.75. The molecule has 2 aromatic carbocycles. The zero-order chi connectivity index (χ0) is 18.9. The summed E-state index contributed by atoms with van der Waals surface area (Å²) in [4.78, 5) is 3.36. The maximum absolute atomic E-state index is 12.7. The van der Waals surface area contributed by atoms with Crippen molar-refractivity contribution < 1.29 is 13.2 Å². The van der Waals surface area contributed by atoms with Crippen molar-refractivity contribution in [2.75, 3.05) is 20.2 Å². The van der Waals surface area contributed by atoms with Gasteiger partial charge in [-0.25, -0.2) is 8.42 Å². The van der Waals surface area contributed by atoms with E-state index in [1.54, 1.807) is 25.3 Å². The summed E-state index contributed by atoms with van der Waals surface area (Å²) in [7, 11) is -1.90. The van der Waals surface area contributed by atoms with Crippen molar-refractivity contribution in [2.45, 2.75) is 18.7 Å². The molecule has 0 spiro atoms. The molecule has 0 unspecified atom stereocenters. The van der Waals surface area contributed by atoms with Crippen LogP contribution in [0.3, 0.4) is 0 Å². The number of rotatable bonds is 6. The smallest absolute Gasteiger partial charge is 0.243 e. The zero-order valence-electron chi connectivity index (χ0n) is 14.9. The van der Waals surface area contributed by atoms with E-state index in [1.165, 1.54) is 4.31 Å². The molecule has 0 radical (unpaired) electrons. The van der Waals surface area contributed by atoms with Crippen molar-refractivity contribution in [3.63, 3.8) is 0 Å². The van der Waals surface area contributed by atoms with Crippen LogP contribution in [-0.4, -0.2) is 42.5 Å². The average Bonchev–Trinajstić information content (AvgIpc) is 2.97. The third-order valence-corrected chi connectivity index (χ3v) is 6.66. The number of methoxy groups -OCH3 is 1. The molecule has 0 saturated carbocycles. The van der Waals surface area contributed by atoms with E-state index in [4.69, 9.17) is 17.0 Å². The first-order chi connectivity index (χ1) is 12.4. The Morgan fingerprint density at radius 3 is 2.35 bits per heavy atom. The first-order valence-corrected chi connectivity index (χ1v) is 10.2. The highest BCUT2D eigenvalue weighted by atomic mass is 32.2. The topological polar surface area (TPSA) is 67.3 Å². The summed E-state index contributed by atoms with van der Waals surface area (Å²) in [5.74, 6) is 0.757. The monoisotopic (exact) mass is 391 g/mol. The minimum Gasteiger partial charge on any atom is -0.497 e. The van der Waals surface area contributed by atoms with E-state index in [2.05, 4.69) is 4.98 Å². The molecule has 0 aliphatic carbocycles. The standard InChI is InChI=1S/C18H21N3O3S2/c1-4-20(5-2)26(22,23)15-10-11-17-16(12-15)19-18(25)21(17)13-6-8-14(24-3)9-7-13/h6-12H,4-5H2,1-3H3,(H,19,25). The summed E-state index contributed by atoms with van der Waals surface area (Å²) < 4.78 is 34.5. The van der Waals surface area contributed by atoms with E-state index in [1.807, 2.05) is 42.7 Å². The van der Waals surface area contributed by atoms with Crippen LogP contribution in [0.4, 0.5) is 0 Å². The number of aromatic amines is 1. The Hall–Kier alpha value is -2.16. The molecule has 0 atom stereocenters. The summed E-state index contributed by atoms with van der Waals surface area (Å²) in [6, 6.07) is 12.6. The van der Waals surface area contributed by atoms with Gasteiger partial charge < -0.3 is 9.72 Å². The van der Waals surface area contributed by atoms with Gasteiger partial charge in [0.1, 0.15) is 5.75 Å². The number of nitrogens with one attached hydrogen (secondary N) is 1. The van der Waals surface area contributed by atoms with Crippen LogP contribution in [0.15, 0.2) is 47.4 Å². The quantitative estimate of drug-likeness (QED) is 0.650. The van der Waals surface area contributed by atoms with Gasteiger partial charge in [-0.1, -0.05) is 13.8 Å². The zero-order valence-corrected chi connectivity index (χ0v) is 16.5. The van der Waals surface area contributed by atoms with Gasteiger partial charge in [0, 0.05) is 18.8 Å². The van der Waals surface area contributed by atoms with Gasteiger partial charge in [-0.15, -0.1) is 0 Å². The molecule has 0 amide bonds. The number of aromatic nitrogens is 2. The third-order valence-electron chi connectivity index (χ3n) is 4.33. The molecule has 6 nitrogen and oxygen atoms in total. The van der Waals surface area contributed by atoms with Crippen LogP contribution in [0, 0.1) is 4.77 Å². The van der Waals surface area contributed by atoms with Crippen molar-refractivity contribution in [3.8, 4) is 11.4 Å². The first-order valence-electron chi connectivity index (χ1n) is 8.31. The van der Waals surface area contributed by atoms with Crippen LogP contribution in [0.25, 0.3) is 16.7 Å².